The number of halogens is 1. The summed E-state index contributed by atoms with van der Waals surface area (Å²) in [5.74, 6) is -0.0863. The lowest BCUT2D eigenvalue weighted by Gasteiger charge is -2.21. The maximum atomic E-state index is 12.5. The Hall–Kier alpha value is -2.33. The number of ketones is 1. The number of carbonyl (C=O) groups excluding carboxylic acids is 2. The molecule has 0 heterocycles. The second kappa shape index (κ2) is 8.17. The van der Waals surface area contributed by atoms with Crippen LogP contribution in [0.4, 0.5) is 0 Å². The van der Waals surface area contributed by atoms with Gasteiger partial charge in [-0.15, -0.1) is 0 Å². The average molecular weight is 359 g/mol. The lowest BCUT2D eigenvalue weighted by atomic mass is 9.96. The van der Waals surface area contributed by atoms with Crippen molar-refractivity contribution in [2.75, 3.05) is 0 Å². The van der Waals surface area contributed by atoms with Gasteiger partial charge in [-0.2, -0.15) is 0 Å². The maximum absolute atomic E-state index is 12.5. The molecule has 3 rings (SSSR count). The number of para-hydroxylation sites is 1. The minimum Gasteiger partial charge on any atom is -0.488 e. The van der Waals surface area contributed by atoms with E-state index >= 15 is 0 Å². The normalized spacial score (nSPS) is 17.2. The first-order chi connectivity index (χ1) is 12.1. The zero-order chi connectivity index (χ0) is 17.6. The van der Waals surface area contributed by atoms with Crippen LogP contribution in [-0.2, 0) is 16.1 Å². The molecule has 1 atom stereocenters. The fourth-order valence-corrected chi connectivity index (χ4v) is 2.90. The van der Waals surface area contributed by atoms with Crippen LogP contribution in [0.25, 0.3) is 0 Å². The summed E-state index contributed by atoms with van der Waals surface area (Å²) in [6.45, 7) is 0.309. The van der Waals surface area contributed by atoms with Gasteiger partial charge in [-0.25, -0.2) is 4.79 Å². The van der Waals surface area contributed by atoms with Crippen molar-refractivity contribution in [3.8, 4) is 5.75 Å². The number of hydrogen-bond acceptors (Lipinski definition) is 4. The summed E-state index contributed by atoms with van der Waals surface area (Å²) < 4.78 is 11.2. The quantitative estimate of drug-likeness (QED) is 0.734. The van der Waals surface area contributed by atoms with Gasteiger partial charge >= 0.3 is 5.97 Å². The van der Waals surface area contributed by atoms with Crippen LogP contribution in [-0.4, -0.2) is 17.9 Å². The zero-order valence-corrected chi connectivity index (χ0v) is 14.5. The fraction of sp³-hybridized carbons (Fsp3) is 0.300. The standard InChI is InChI=1S/C20H19ClO4/c21-15-11-9-14(10-12-15)13-24-18-7-3-1-5-16(18)20(23)25-19-8-4-2-6-17(19)22/h1,3,5,7,9-12,19H,2,4,6,8,13H2/t19-/m0/s1. The molecule has 1 aliphatic carbocycles. The Labute approximate surface area is 151 Å². The predicted molar refractivity (Wildman–Crippen MR) is 94.9 cm³/mol. The van der Waals surface area contributed by atoms with Gasteiger partial charge in [-0.3, -0.25) is 4.79 Å². The lowest BCUT2D eigenvalue weighted by Crippen LogP contribution is -2.30. The van der Waals surface area contributed by atoms with E-state index in [0.717, 1.165) is 18.4 Å². The van der Waals surface area contributed by atoms with Gasteiger partial charge in [0.1, 0.15) is 17.9 Å². The van der Waals surface area contributed by atoms with E-state index in [0.29, 0.717) is 35.8 Å². The van der Waals surface area contributed by atoms with Gasteiger partial charge in [0.05, 0.1) is 0 Å². The van der Waals surface area contributed by atoms with Crippen LogP contribution in [0.15, 0.2) is 48.5 Å². The second-order valence-electron chi connectivity index (χ2n) is 6.02. The van der Waals surface area contributed by atoms with Crippen LogP contribution >= 0.6 is 11.6 Å². The van der Waals surface area contributed by atoms with Gasteiger partial charge in [0.2, 0.25) is 0 Å². The van der Waals surface area contributed by atoms with Crippen LogP contribution in [0.1, 0.15) is 41.6 Å². The average Bonchev–Trinajstić information content (AvgIpc) is 2.63. The molecule has 4 nitrogen and oxygen atoms in total. The van der Waals surface area contributed by atoms with E-state index in [1.165, 1.54) is 0 Å². The Morgan fingerprint density at radius 3 is 2.60 bits per heavy atom. The number of benzene rings is 2. The van der Waals surface area contributed by atoms with E-state index < -0.39 is 12.1 Å². The molecule has 1 aliphatic rings. The molecule has 0 N–H and O–H groups in total. The van der Waals surface area contributed by atoms with Gasteiger partial charge in [0.25, 0.3) is 0 Å². The summed E-state index contributed by atoms with van der Waals surface area (Å²) in [6, 6.07) is 14.2. The zero-order valence-electron chi connectivity index (χ0n) is 13.7. The molecule has 25 heavy (non-hydrogen) atoms. The SMILES string of the molecule is O=C(O[C@H]1CCCCC1=O)c1ccccc1OCc1ccc(Cl)cc1. The third kappa shape index (κ3) is 4.60. The third-order valence-electron chi connectivity index (χ3n) is 4.16. The number of rotatable bonds is 5. The van der Waals surface area contributed by atoms with Gasteiger partial charge < -0.3 is 9.47 Å². The highest BCUT2D eigenvalue weighted by Gasteiger charge is 2.27. The van der Waals surface area contributed by atoms with Gasteiger partial charge in [-0.05, 0) is 49.1 Å². The molecular formula is C20H19ClO4. The summed E-state index contributed by atoms with van der Waals surface area (Å²) in [6.07, 6.45) is 2.21. The Morgan fingerprint density at radius 1 is 1.08 bits per heavy atom. The highest BCUT2D eigenvalue weighted by Crippen LogP contribution is 2.24. The van der Waals surface area contributed by atoms with Crippen LogP contribution < -0.4 is 4.74 Å². The van der Waals surface area contributed by atoms with E-state index in [4.69, 9.17) is 21.1 Å². The Kier molecular flexibility index (Phi) is 5.71. The molecule has 2 aromatic carbocycles. The first kappa shape index (κ1) is 17.5. The van der Waals surface area contributed by atoms with Crippen molar-refractivity contribution in [1.82, 2.24) is 0 Å². The van der Waals surface area contributed by atoms with Crippen LogP contribution in [0.2, 0.25) is 5.02 Å². The minimum absolute atomic E-state index is 0.000774. The molecule has 2 aromatic rings. The molecule has 0 saturated heterocycles. The van der Waals surface area contributed by atoms with E-state index in [1.807, 2.05) is 12.1 Å². The summed E-state index contributed by atoms with van der Waals surface area (Å²) in [5, 5.41) is 0.657. The molecule has 0 aliphatic heterocycles. The Balaban J connectivity index is 1.68. The van der Waals surface area contributed by atoms with Gasteiger partial charge in [0.15, 0.2) is 11.9 Å². The Morgan fingerprint density at radius 2 is 1.84 bits per heavy atom. The summed E-state index contributed by atoms with van der Waals surface area (Å²) in [7, 11) is 0. The minimum atomic E-state index is -0.634. The van der Waals surface area contributed by atoms with Crippen LogP contribution in [0.3, 0.4) is 0 Å². The maximum Gasteiger partial charge on any atom is 0.342 e. The van der Waals surface area contributed by atoms with Crippen molar-refractivity contribution in [2.45, 2.75) is 38.4 Å². The molecule has 0 unspecified atom stereocenters. The number of Topliss-reactive ketones (excluding diaryl/α,β-unsaturated/α-hetero) is 1. The first-order valence-corrected chi connectivity index (χ1v) is 8.71. The largest absolute Gasteiger partial charge is 0.488 e. The summed E-state index contributed by atoms with van der Waals surface area (Å²) in [5.41, 5.74) is 1.27. The molecule has 0 spiro atoms. The third-order valence-corrected chi connectivity index (χ3v) is 4.41. The van der Waals surface area contributed by atoms with Crippen LogP contribution in [0, 0.1) is 0 Å². The lowest BCUT2D eigenvalue weighted by molar-refractivity contribution is -0.129. The topological polar surface area (TPSA) is 52.6 Å². The Bertz CT molecular complexity index is 755. The molecule has 0 aromatic heterocycles. The number of ether oxygens (including phenoxy) is 2. The van der Waals surface area contributed by atoms with Crippen molar-refractivity contribution in [3.63, 3.8) is 0 Å². The van der Waals surface area contributed by atoms with E-state index in [2.05, 4.69) is 0 Å². The van der Waals surface area contributed by atoms with Gasteiger partial charge in [0, 0.05) is 11.4 Å². The number of hydrogen-bond donors (Lipinski definition) is 0. The smallest absolute Gasteiger partial charge is 0.342 e. The predicted octanol–water partition coefficient (Wildman–Crippen LogP) is 4.59. The first-order valence-electron chi connectivity index (χ1n) is 8.33. The molecule has 1 saturated carbocycles. The van der Waals surface area contributed by atoms with E-state index in [1.54, 1.807) is 36.4 Å². The molecule has 0 amide bonds. The monoisotopic (exact) mass is 358 g/mol. The van der Waals surface area contributed by atoms with Crippen molar-refractivity contribution in [2.24, 2.45) is 0 Å². The molecular weight excluding hydrogens is 340 g/mol. The summed E-state index contributed by atoms with van der Waals surface area (Å²) >= 11 is 5.87. The number of esters is 1. The molecule has 0 radical (unpaired) electrons. The van der Waals surface area contributed by atoms with E-state index in [-0.39, 0.29) is 5.78 Å². The highest BCUT2D eigenvalue weighted by atomic mass is 35.5. The second-order valence-corrected chi connectivity index (χ2v) is 6.45. The van der Waals surface area contributed by atoms with Crippen molar-refractivity contribution in [3.05, 3.63) is 64.7 Å². The molecule has 0 bridgehead atoms. The van der Waals surface area contributed by atoms with Crippen LogP contribution in [0.5, 0.6) is 5.75 Å². The highest BCUT2D eigenvalue weighted by molar-refractivity contribution is 6.30. The van der Waals surface area contributed by atoms with E-state index in [9.17, 15) is 9.59 Å². The number of carbonyl (C=O) groups is 2. The molecule has 130 valence electrons. The van der Waals surface area contributed by atoms with Gasteiger partial charge in [-0.1, -0.05) is 35.9 Å². The van der Waals surface area contributed by atoms with Crippen molar-refractivity contribution < 1.29 is 19.1 Å². The molecule has 5 heteroatoms. The fourth-order valence-electron chi connectivity index (χ4n) is 2.77. The van der Waals surface area contributed by atoms with Crippen molar-refractivity contribution >= 4 is 23.4 Å². The van der Waals surface area contributed by atoms with Crippen molar-refractivity contribution in [1.29, 1.82) is 0 Å². The summed E-state index contributed by atoms with van der Waals surface area (Å²) in [4.78, 5) is 24.3. The molecule has 1 fully saturated rings.